The molecular formula is C14H26N2OS. The van der Waals surface area contributed by atoms with Gasteiger partial charge < -0.3 is 15.8 Å². The molecule has 0 spiro atoms. The average molecular weight is 270 g/mol. The third-order valence-electron chi connectivity index (χ3n) is 2.95. The van der Waals surface area contributed by atoms with Gasteiger partial charge in [-0.25, -0.2) is 0 Å². The van der Waals surface area contributed by atoms with Gasteiger partial charge in [0.25, 0.3) is 0 Å². The van der Waals surface area contributed by atoms with Crippen LogP contribution in [0.5, 0.6) is 0 Å². The van der Waals surface area contributed by atoms with E-state index in [0.29, 0.717) is 12.1 Å². The van der Waals surface area contributed by atoms with E-state index in [4.69, 9.17) is 10.5 Å². The standard InChI is InChI=1S/C14H26N2OS/c1-11(9-14-7-6-12(2)18-14)16-13(10-17-3)5-4-8-15/h6-7,11,13,16H,4-5,8-10,15H2,1-3H3. The first-order valence-electron chi connectivity index (χ1n) is 6.66. The fourth-order valence-corrected chi connectivity index (χ4v) is 3.16. The van der Waals surface area contributed by atoms with Crippen LogP contribution in [0.2, 0.25) is 0 Å². The summed E-state index contributed by atoms with van der Waals surface area (Å²) < 4.78 is 5.26. The van der Waals surface area contributed by atoms with Crippen molar-refractivity contribution in [1.82, 2.24) is 5.32 Å². The van der Waals surface area contributed by atoms with E-state index in [2.05, 4.69) is 31.3 Å². The number of thiophene rings is 1. The van der Waals surface area contributed by atoms with Crippen LogP contribution in [0.15, 0.2) is 12.1 Å². The highest BCUT2D eigenvalue weighted by Crippen LogP contribution is 2.17. The predicted molar refractivity (Wildman–Crippen MR) is 79.3 cm³/mol. The van der Waals surface area contributed by atoms with Gasteiger partial charge in [-0.3, -0.25) is 0 Å². The van der Waals surface area contributed by atoms with Crippen LogP contribution in [0.3, 0.4) is 0 Å². The van der Waals surface area contributed by atoms with E-state index in [1.54, 1.807) is 7.11 Å². The first-order chi connectivity index (χ1) is 8.65. The third-order valence-corrected chi connectivity index (χ3v) is 3.97. The Bertz CT molecular complexity index is 327. The van der Waals surface area contributed by atoms with Crippen LogP contribution in [0.1, 0.15) is 29.5 Å². The van der Waals surface area contributed by atoms with Crippen LogP contribution in [-0.4, -0.2) is 32.3 Å². The first-order valence-corrected chi connectivity index (χ1v) is 7.47. The molecule has 0 saturated carbocycles. The summed E-state index contributed by atoms with van der Waals surface area (Å²) in [5.41, 5.74) is 5.56. The minimum Gasteiger partial charge on any atom is -0.383 e. The molecule has 18 heavy (non-hydrogen) atoms. The van der Waals surface area contributed by atoms with Crippen LogP contribution >= 0.6 is 11.3 Å². The zero-order valence-electron chi connectivity index (χ0n) is 11.7. The molecule has 0 saturated heterocycles. The zero-order valence-corrected chi connectivity index (χ0v) is 12.6. The van der Waals surface area contributed by atoms with E-state index in [0.717, 1.165) is 32.4 Å². The summed E-state index contributed by atoms with van der Waals surface area (Å²) in [6.07, 6.45) is 3.21. The van der Waals surface area contributed by atoms with Gasteiger partial charge in [-0.1, -0.05) is 0 Å². The number of nitrogens with one attached hydrogen (secondary N) is 1. The topological polar surface area (TPSA) is 47.3 Å². The van der Waals surface area contributed by atoms with Crippen LogP contribution in [0.25, 0.3) is 0 Å². The van der Waals surface area contributed by atoms with Crippen molar-refractivity contribution in [1.29, 1.82) is 0 Å². The number of ether oxygens (including phenoxy) is 1. The summed E-state index contributed by atoms with van der Waals surface area (Å²) in [4.78, 5) is 2.83. The maximum atomic E-state index is 5.56. The van der Waals surface area contributed by atoms with E-state index in [9.17, 15) is 0 Å². The molecule has 0 aliphatic rings. The van der Waals surface area contributed by atoms with Crippen molar-refractivity contribution in [2.24, 2.45) is 5.73 Å². The molecular weight excluding hydrogens is 244 g/mol. The summed E-state index contributed by atoms with van der Waals surface area (Å²) in [6.45, 7) is 5.90. The fourth-order valence-electron chi connectivity index (χ4n) is 2.14. The first kappa shape index (κ1) is 15.6. The van der Waals surface area contributed by atoms with Crippen molar-refractivity contribution in [3.05, 3.63) is 21.9 Å². The highest BCUT2D eigenvalue weighted by molar-refractivity contribution is 7.11. The SMILES string of the molecule is COCC(CCCN)NC(C)Cc1ccc(C)s1. The van der Waals surface area contributed by atoms with Gasteiger partial charge in [0, 0.05) is 28.9 Å². The Morgan fingerprint density at radius 1 is 1.44 bits per heavy atom. The Kier molecular flexibility index (Phi) is 7.51. The summed E-state index contributed by atoms with van der Waals surface area (Å²) in [5.74, 6) is 0. The minimum absolute atomic E-state index is 0.412. The second kappa shape index (κ2) is 8.64. The largest absolute Gasteiger partial charge is 0.383 e. The highest BCUT2D eigenvalue weighted by Gasteiger charge is 2.12. The van der Waals surface area contributed by atoms with Crippen molar-refractivity contribution in [3.8, 4) is 0 Å². The molecule has 4 heteroatoms. The van der Waals surface area contributed by atoms with Crippen LogP contribution < -0.4 is 11.1 Å². The number of methoxy groups -OCH3 is 1. The smallest absolute Gasteiger partial charge is 0.0615 e. The van der Waals surface area contributed by atoms with Crippen molar-refractivity contribution in [2.75, 3.05) is 20.3 Å². The average Bonchev–Trinajstić information content (AvgIpc) is 2.71. The number of aryl methyl sites for hydroxylation is 1. The van der Waals surface area contributed by atoms with Gasteiger partial charge in [0.1, 0.15) is 0 Å². The van der Waals surface area contributed by atoms with Crippen LogP contribution in [-0.2, 0) is 11.2 Å². The van der Waals surface area contributed by atoms with E-state index < -0.39 is 0 Å². The number of rotatable bonds is 9. The molecule has 1 aromatic rings. The maximum absolute atomic E-state index is 5.56. The number of hydrogen-bond acceptors (Lipinski definition) is 4. The molecule has 0 bridgehead atoms. The molecule has 104 valence electrons. The lowest BCUT2D eigenvalue weighted by molar-refractivity contribution is 0.156. The summed E-state index contributed by atoms with van der Waals surface area (Å²) in [6, 6.07) is 5.30. The second-order valence-electron chi connectivity index (χ2n) is 4.87. The molecule has 0 fully saturated rings. The lowest BCUT2D eigenvalue weighted by Gasteiger charge is -2.22. The molecule has 1 rings (SSSR count). The van der Waals surface area contributed by atoms with E-state index in [-0.39, 0.29) is 0 Å². The predicted octanol–water partition coefficient (Wildman–Crippen LogP) is 2.33. The highest BCUT2D eigenvalue weighted by atomic mass is 32.1. The van der Waals surface area contributed by atoms with Crippen molar-refractivity contribution in [2.45, 2.75) is 45.2 Å². The van der Waals surface area contributed by atoms with Gasteiger partial charge >= 0.3 is 0 Å². The molecule has 0 aliphatic carbocycles. The lowest BCUT2D eigenvalue weighted by Crippen LogP contribution is -2.40. The van der Waals surface area contributed by atoms with Crippen LogP contribution in [0.4, 0.5) is 0 Å². The molecule has 2 atom stereocenters. The number of hydrogen-bond donors (Lipinski definition) is 2. The van der Waals surface area contributed by atoms with Gasteiger partial charge in [0.2, 0.25) is 0 Å². The minimum atomic E-state index is 0.412. The van der Waals surface area contributed by atoms with E-state index in [1.807, 2.05) is 11.3 Å². The molecule has 0 amide bonds. The molecule has 0 aromatic carbocycles. The Morgan fingerprint density at radius 3 is 2.78 bits per heavy atom. The Hall–Kier alpha value is -0.420. The Morgan fingerprint density at radius 2 is 2.22 bits per heavy atom. The van der Waals surface area contributed by atoms with Gasteiger partial charge in [-0.2, -0.15) is 0 Å². The zero-order chi connectivity index (χ0) is 13.4. The van der Waals surface area contributed by atoms with Crippen LogP contribution in [0, 0.1) is 6.92 Å². The van der Waals surface area contributed by atoms with Gasteiger partial charge in [-0.05, 0) is 51.8 Å². The van der Waals surface area contributed by atoms with E-state index >= 15 is 0 Å². The Balaban J connectivity index is 2.37. The van der Waals surface area contributed by atoms with Crippen molar-refractivity contribution < 1.29 is 4.74 Å². The maximum Gasteiger partial charge on any atom is 0.0615 e. The van der Waals surface area contributed by atoms with Gasteiger partial charge in [0.05, 0.1) is 6.61 Å². The third kappa shape index (κ3) is 5.96. The molecule has 0 aliphatic heterocycles. The molecule has 3 N–H and O–H groups in total. The lowest BCUT2D eigenvalue weighted by atomic mass is 10.1. The fraction of sp³-hybridized carbons (Fsp3) is 0.714. The Labute approximate surface area is 115 Å². The molecule has 1 heterocycles. The van der Waals surface area contributed by atoms with Gasteiger partial charge in [-0.15, -0.1) is 11.3 Å². The normalized spacial score (nSPS) is 14.7. The quantitative estimate of drug-likeness (QED) is 0.724. The van der Waals surface area contributed by atoms with Crippen molar-refractivity contribution in [3.63, 3.8) is 0 Å². The summed E-state index contributed by atoms with van der Waals surface area (Å²) >= 11 is 1.88. The number of nitrogens with two attached hydrogens (primary N) is 1. The van der Waals surface area contributed by atoms with Gasteiger partial charge in [0.15, 0.2) is 0 Å². The van der Waals surface area contributed by atoms with E-state index in [1.165, 1.54) is 9.75 Å². The molecule has 1 aromatic heterocycles. The molecule has 2 unspecified atom stereocenters. The summed E-state index contributed by atoms with van der Waals surface area (Å²) in [7, 11) is 1.75. The molecule has 0 radical (unpaired) electrons. The second-order valence-corrected chi connectivity index (χ2v) is 6.24. The summed E-state index contributed by atoms with van der Waals surface area (Å²) in [5, 5.41) is 3.64. The van der Waals surface area contributed by atoms with Crippen molar-refractivity contribution >= 4 is 11.3 Å². The molecule has 3 nitrogen and oxygen atoms in total. The monoisotopic (exact) mass is 270 g/mol.